The van der Waals surface area contributed by atoms with Crippen molar-refractivity contribution in [3.8, 4) is 0 Å². The SMILES string of the molecule is C[C@@H]1[C@H](C)C[C@]23C[C@H]1O[C@H]2CC(=O)O3. The van der Waals surface area contributed by atoms with E-state index in [4.69, 9.17) is 9.47 Å². The van der Waals surface area contributed by atoms with Crippen molar-refractivity contribution in [3.05, 3.63) is 0 Å². The molecule has 1 spiro atoms. The molecular weight excluding hydrogens is 180 g/mol. The fourth-order valence-corrected chi connectivity index (χ4v) is 3.28. The molecule has 1 aliphatic carbocycles. The molecule has 14 heavy (non-hydrogen) atoms. The first kappa shape index (κ1) is 8.72. The maximum absolute atomic E-state index is 11.2. The lowest BCUT2D eigenvalue weighted by atomic mass is 9.72. The Balaban J connectivity index is 1.93. The van der Waals surface area contributed by atoms with E-state index in [0.29, 0.717) is 24.4 Å². The first-order valence-electron chi connectivity index (χ1n) is 5.48. The summed E-state index contributed by atoms with van der Waals surface area (Å²) in [6, 6.07) is 0. The minimum Gasteiger partial charge on any atom is -0.456 e. The van der Waals surface area contributed by atoms with Crippen LogP contribution in [0.25, 0.3) is 0 Å². The molecule has 2 bridgehead atoms. The van der Waals surface area contributed by atoms with Crippen molar-refractivity contribution in [3.63, 3.8) is 0 Å². The highest BCUT2D eigenvalue weighted by atomic mass is 16.6. The van der Waals surface area contributed by atoms with E-state index in [-0.39, 0.29) is 17.7 Å². The summed E-state index contributed by atoms with van der Waals surface area (Å²) in [6.45, 7) is 4.47. The van der Waals surface area contributed by atoms with Crippen LogP contribution in [0.4, 0.5) is 0 Å². The predicted molar refractivity (Wildman–Crippen MR) is 49.7 cm³/mol. The van der Waals surface area contributed by atoms with Gasteiger partial charge < -0.3 is 9.47 Å². The molecule has 0 amide bonds. The third-order valence-corrected chi connectivity index (χ3v) is 4.29. The van der Waals surface area contributed by atoms with Crippen molar-refractivity contribution in [2.45, 2.75) is 50.9 Å². The topological polar surface area (TPSA) is 35.5 Å². The van der Waals surface area contributed by atoms with Gasteiger partial charge in [0.15, 0.2) is 0 Å². The Kier molecular flexibility index (Phi) is 1.56. The second kappa shape index (κ2) is 2.51. The van der Waals surface area contributed by atoms with Crippen LogP contribution in [0, 0.1) is 11.8 Å². The van der Waals surface area contributed by atoms with Gasteiger partial charge in [0.2, 0.25) is 0 Å². The molecule has 1 saturated carbocycles. The number of esters is 1. The number of hydrogen-bond donors (Lipinski definition) is 0. The van der Waals surface area contributed by atoms with Gasteiger partial charge in [0.25, 0.3) is 0 Å². The summed E-state index contributed by atoms with van der Waals surface area (Å²) < 4.78 is 11.4. The zero-order valence-electron chi connectivity index (χ0n) is 8.66. The van der Waals surface area contributed by atoms with E-state index in [1.807, 2.05) is 0 Å². The van der Waals surface area contributed by atoms with Gasteiger partial charge in [-0.05, 0) is 18.3 Å². The Morgan fingerprint density at radius 1 is 1.36 bits per heavy atom. The molecule has 3 nitrogen and oxygen atoms in total. The number of carbonyl (C=O) groups is 1. The third-order valence-electron chi connectivity index (χ3n) is 4.29. The normalized spacial score (nSPS) is 55.7. The smallest absolute Gasteiger partial charge is 0.309 e. The molecule has 3 fully saturated rings. The molecule has 0 N–H and O–H groups in total. The van der Waals surface area contributed by atoms with Crippen LogP contribution in [0.15, 0.2) is 0 Å². The van der Waals surface area contributed by atoms with Gasteiger partial charge in [-0.3, -0.25) is 4.79 Å². The lowest BCUT2D eigenvalue weighted by Crippen LogP contribution is -2.42. The van der Waals surface area contributed by atoms with E-state index in [0.717, 1.165) is 12.8 Å². The van der Waals surface area contributed by atoms with Crippen LogP contribution < -0.4 is 0 Å². The Morgan fingerprint density at radius 2 is 2.14 bits per heavy atom. The van der Waals surface area contributed by atoms with Crippen LogP contribution >= 0.6 is 0 Å². The standard InChI is InChI=1S/C11H16O3/c1-6-4-11-5-8(7(6)2)13-9(11)3-10(12)14-11/h6-9H,3-5H2,1-2H3/t6-,7-,8-,9+,11+/m1/s1. The Labute approximate surface area is 83.8 Å². The minimum absolute atomic E-state index is 0.0485. The van der Waals surface area contributed by atoms with Gasteiger partial charge in [-0.1, -0.05) is 13.8 Å². The highest BCUT2D eigenvalue weighted by molar-refractivity contribution is 5.73. The van der Waals surface area contributed by atoms with Crippen molar-refractivity contribution in [2.75, 3.05) is 0 Å². The van der Waals surface area contributed by atoms with Gasteiger partial charge in [0.1, 0.15) is 11.7 Å². The van der Waals surface area contributed by atoms with Crippen LogP contribution in [-0.4, -0.2) is 23.8 Å². The summed E-state index contributed by atoms with van der Waals surface area (Å²) in [6.07, 6.45) is 2.75. The zero-order valence-corrected chi connectivity index (χ0v) is 8.66. The van der Waals surface area contributed by atoms with Crippen molar-refractivity contribution in [1.82, 2.24) is 0 Å². The predicted octanol–water partition coefficient (Wildman–Crippen LogP) is 1.51. The fourth-order valence-electron chi connectivity index (χ4n) is 3.28. The number of ether oxygens (including phenoxy) is 2. The van der Waals surface area contributed by atoms with Crippen molar-refractivity contribution >= 4 is 5.97 Å². The molecule has 2 heterocycles. The van der Waals surface area contributed by atoms with Crippen LogP contribution in [-0.2, 0) is 14.3 Å². The Morgan fingerprint density at radius 3 is 2.93 bits per heavy atom. The molecule has 2 saturated heterocycles. The third kappa shape index (κ3) is 0.937. The maximum Gasteiger partial charge on any atom is 0.309 e. The molecule has 3 aliphatic rings. The molecule has 0 aromatic carbocycles. The van der Waals surface area contributed by atoms with Crippen LogP contribution in [0.5, 0.6) is 0 Å². The quantitative estimate of drug-likeness (QED) is 0.551. The molecule has 3 rings (SSSR count). The molecule has 2 aliphatic heterocycles. The number of fused-ring (bicyclic) bond motifs is 1. The van der Waals surface area contributed by atoms with E-state index in [9.17, 15) is 4.79 Å². The van der Waals surface area contributed by atoms with Gasteiger partial charge in [-0.15, -0.1) is 0 Å². The fraction of sp³-hybridized carbons (Fsp3) is 0.909. The van der Waals surface area contributed by atoms with Crippen LogP contribution in [0.2, 0.25) is 0 Å². The van der Waals surface area contributed by atoms with Gasteiger partial charge in [-0.2, -0.15) is 0 Å². The molecule has 3 heteroatoms. The van der Waals surface area contributed by atoms with Gasteiger partial charge in [0, 0.05) is 6.42 Å². The second-order valence-electron chi connectivity index (χ2n) is 5.15. The van der Waals surface area contributed by atoms with E-state index in [2.05, 4.69) is 13.8 Å². The molecular formula is C11H16O3. The Bertz CT molecular complexity index is 288. The highest BCUT2D eigenvalue weighted by Crippen LogP contribution is 2.52. The van der Waals surface area contributed by atoms with E-state index >= 15 is 0 Å². The van der Waals surface area contributed by atoms with Crippen molar-refractivity contribution in [2.24, 2.45) is 11.8 Å². The summed E-state index contributed by atoms with van der Waals surface area (Å²) >= 11 is 0. The molecule has 78 valence electrons. The van der Waals surface area contributed by atoms with Crippen molar-refractivity contribution in [1.29, 1.82) is 0 Å². The first-order valence-corrected chi connectivity index (χ1v) is 5.48. The van der Waals surface area contributed by atoms with Crippen LogP contribution in [0.3, 0.4) is 0 Å². The van der Waals surface area contributed by atoms with E-state index in [1.165, 1.54) is 0 Å². The Hall–Kier alpha value is -0.570. The zero-order chi connectivity index (χ0) is 9.92. The first-order chi connectivity index (χ1) is 6.61. The van der Waals surface area contributed by atoms with Gasteiger partial charge >= 0.3 is 5.97 Å². The summed E-state index contributed by atoms with van der Waals surface area (Å²) in [5.41, 5.74) is -0.242. The molecule has 0 aromatic rings. The minimum atomic E-state index is -0.242. The monoisotopic (exact) mass is 196 g/mol. The number of hydrogen-bond acceptors (Lipinski definition) is 3. The average molecular weight is 196 g/mol. The summed E-state index contributed by atoms with van der Waals surface area (Å²) in [5, 5.41) is 0. The average Bonchev–Trinajstić information content (AvgIpc) is 2.51. The largest absolute Gasteiger partial charge is 0.456 e. The van der Waals surface area contributed by atoms with E-state index in [1.54, 1.807) is 0 Å². The molecule has 0 aromatic heterocycles. The van der Waals surface area contributed by atoms with Gasteiger partial charge in [0.05, 0.1) is 12.5 Å². The lowest BCUT2D eigenvalue weighted by molar-refractivity contribution is -0.151. The van der Waals surface area contributed by atoms with Crippen LogP contribution in [0.1, 0.15) is 33.1 Å². The lowest BCUT2D eigenvalue weighted by Gasteiger charge is -2.36. The summed E-state index contributed by atoms with van der Waals surface area (Å²) in [7, 11) is 0. The highest BCUT2D eigenvalue weighted by Gasteiger charge is 2.61. The van der Waals surface area contributed by atoms with E-state index < -0.39 is 0 Å². The number of rotatable bonds is 0. The molecule has 5 atom stereocenters. The molecule has 0 radical (unpaired) electrons. The van der Waals surface area contributed by atoms with Crippen molar-refractivity contribution < 1.29 is 14.3 Å². The maximum atomic E-state index is 11.2. The summed E-state index contributed by atoms with van der Waals surface area (Å²) in [4.78, 5) is 11.2. The summed E-state index contributed by atoms with van der Waals surface area (Å²) in [5.74, 6) is 1.13. The second-order valence-corrected chi connectivity index (χ2v) is 5.15. The molecule has 0 unspecified atom stereocenters. The number of carbonyl (C=O) groups excluding carboxylic acids is 1. The van der Waals surface area contributed by atoms with Gasteiger partial charge in [-0.25, -0.2) is 0 Å².